The second-order valence-corrected chi connectivity index (χ2v) is 6.66. The molecule has 17 heavy (non-hydrogen) atoms. The molecule has 3 heteroatoms. The Morgan fingerprint density at radius 3 is 2.12 bits per heavy atom. The van der Waals surface area contributed by atoms with Gasteiger partial charge in [-0.2, -0.15) is 0 Å². The van der Waals surface area contributed by atoms with E-state index in [1.165, 1.54) is 37.7 Å². The van der Waals surface area contributed by atoms with Crippen molar-refractivity contribution in [1.82, 2.24) is 0 Å². The van der Waals surface area contributed by atoms with E-state index >= 15 is 0 Å². The van der Waals surface area contributed by atoms with Crippen LogP contribution in [0.4, 0.5) is 0 Å². The Kier molecular flexibility index (Phi) is 6.75. The van der Waals surface area contributed by atoms with E-state index in [4.69, 9.17) is 0 Å². The molecule has 0 saturated heterocycles. The van der Waals surface area contributed by atoms with Gasteiger partial charge in [-0.3, -0.25) is 0 Å². The predicted octanol–water partition coefficient (Wildman–Crippen LogP) is -1.64. The number of allylic oxidation sites excluding steroid dienone is 4. The number of hydrogen-bond acceptors (Lipinski definition) is 0. The fourth-order valence-electron chi connectivity index (χ4n) is 3.60. The van der Waals surface area contributed by atoms with Crippen LogP contribution in [0.1, 0.15) is 52.9 Å². The van der Waals surface area contributed by atoms with Gasteiger partial charge in [-0.05, 0) is 0 Å². The summed E-state index contributed by atoms with van der Waals surface area (Å²) in [6.45, 7) is 7.16. The van der Waals surface area contributed by atoms with Crippen molar-refractivity contribution in [3.05, 3.63) is 21.0 Å². The van der Waals surface area contributed by atoms with Crippen molar-refractivity contribution >= 4 is 0 Å². The molecule has 95 valence electrons. The fourth-order valence-corrected chi connectivity index (χ4v) is 4.66. The third-order valence-electron chi connectivity index (χ3n) is 4.92. The summed E-state index contributed by atoms with van der Waals surface area (Å²) in [6, 6.07) is 0. The van der Waals surface area contributed by atoms with Crippen LogP contribution in [0.2, 0.25) is 0 Å². The SMILES string of the molecule is CCC1(C2(C)C=CC(C)=[C]2[Zr+2])CCCC1.[Cl-].[Cl-]. The quantitative estimate of drug-likeness (QED) is 0.560. The van der Waals surface area contributed by atoms with Crippen molar-refractivity contribution in [3.8, 4) is 0 Å². The summed E-state index contributed by atoms with van der Waals surface area (Å²) in [4.78, 5) is 0. The molecule has 0 nitrogen and oxygen atoms in total. The van der Waals surface area contributed by atoms with Gasteiger partial charge in [-0.1, -0.05) is 0 Å². The molecule has 2 rings (SSSR count). The maximum atomic E-state index is 2.50. The maximum Gasteiger partial charge on any atom is -1.00 e. The first-order chi connectivity index (χ1) is 7.06. The Bertz CT molecular complexity index is 327. The number of halogens is 2. The maximum absolute atomic E-state index is 2.50. The van der Waals surface area contributed by atoms with Crippen LogP contribution in [0.5, 0.6) is 0 Å². The molecule has 0 amide bonds. The van der Waals surface area contributed by atoms with E-state index in [-0.39, 0.29) is 24.8 Å². The van der Waals surface area contributed by atoms with Crippen LogP contribution in [0.25, 0.3) is 0 Å². The van der Waals surface area contributed by atoms with Crippen molar-refractivity contribution in [3.63, 3.8) is 0 Å². The van der Waals surface area contributed by atoms with Crippen LogP contribution in [0, 0.1) is 10.8 Å². The second kappa shape index (κ2) is 6.40. The van der Waals surface area contributed by atoms with Crippen LogP contribution in [-0.4, -0.2) is 0 Å². The van der Waals surface area contributed by atoms with Gasteiger partial charge in [0.05, 0.1) is 0 Å². The van der Waals surface area contributed by atoms with Gasteiger partial charge in [0.15, 0.2) is 0 Å². The standard InChI is InChI=1S/C14H21.2ClH.Zr/c1-4-14(8-5-6-9-14)13(3)10-7-12(2)11-13;;;/h7,10H,4-6,8-9H2,1-3H3;2*1H;/q;;;+2/p-2. The van der Waals surface area contributed by atoms with Crippen molar-refractivity contribution in [2.45, 2.75) is 52.9 Å². The Morgan fingerprint density at radius 2 is 1.76 bits per heavy atom. The minimum atomic E-state index is 0. The van der Waals surface area contributed by atoms with Gasteiger partial charge in [-0.25, -0.2) is 0 Å². The topological polar surface area (TPSA) is 0 Å². The number of rotatable bonds is 2. The van der Waals surface area contributed by atoms with Crippen molar-refractivity contribution in [2.75, 3.05) is 0 Å². The van der Waals surface area contributed by atoms with E-state index in [9.17, 15) is 0 Å². The van der Waals surface area contributed by atoms with Gasteiger partial charge in [0.1, 0.15) is 0 Å². The summed E-state index contributed by atoms with van der Waals surface area (Å²) in [5, 5.41) is 0. The van der Waals surface area contributed by atoms with Crippen molar-refractivity contribution in [2.24, 2.45) is 10.8 Å². The van der Waals surface area contributed by atoms with Gasteiger partial charge in [0, 0.05) is 0 Å². The Hall–Kier alpha value is 0.943. The second-order valence-electron chi connectivity index (χ2n) is 5.43. The molecule has 1 unspecified atom stereocenters. The normalized spacial score (nSPS) is 30.2. The van der Waals surface area contributed by atoms with E-state index in [2.05, 4.69) is 32.9 Å². The van der Waals surface area contributed by atoms with Gasteiger partial charge < -0.3 is 24.8 Å². The molecule has 0 N–H and O–H groups in total. The summed E-state index contributed by atoms with van der Waals surface area (Å²) in [7, 11) is 0. The minimum absolute atomic E-state index is 0. The Labute approximate surface area is 133 Å². The van der Waals surface area contributed by atoms with E-state index < -0.39 is 0 Å². The molecule has 2 aliphatic carbocycles. The molecular weight excluding hydrogens is 330 g/mol. The van der Waals surface area contributed by atoms with Gasteiger partial charge in [0.25, 0.3) is 0 Å². The van der Waals surface area contributed by atoms with Crippen molar-refractivity contribution < 1.29 is 49.5 Å². The molecule has 0 aliphatic heterocycles. The van der Waals surface area contributed by atoms with Crippen LogP contribution >= 0.6 is 0 Å². The summed E-state index contributed by atoms with van der Waals surface area (Å²) in [5.74, 6) is 0. The monoisotopic (exact) mass is 349 g/mol. The fraction of sp³-hybridized carbons (Fsp3) is 0.714. The molecule has 0 aromatic heterocycles. The molecular formula is C14H21Cl2Zr. The first-order valence-electron chi connectivity index (χ1n) is 6.18. The zero-order chi connectivity index (χ0) is 11.1. The summed E-state index contributed by atoms with van der Waals surface area (Å²) in [6.07, 6.45) is 12.0. The third-order valence-corrected chi connectivity index (χ3v) is 7.17. The first-order valence-corrected chi connectivity index (χ1v) is 7.41. The summed E-state index contributed by atoms with van der Waals surface area (Å²) >= 11 is 1.62. The summed E-state index contributed by atoms with van der Waals surface area (Å²) < 4.78 is 1.71. The molecule has 0 heterocycles. The van der Waals surface area contributed by atoms with E-state index in [0.717, 1.165) is 0 Å². The average Bonchev–Trinajstić information content (AvgIpc) is 2.81. The Morgan fingerprint density at radius 1 is 1.24 bits per heavy atom. The molecule has 0 radical (unpaired) electrons. The molecule has 1 atom stereocenters. The van der Waals surface area contributed by atoms with Gasteiger partial charge in [-0.15, -0.1) is 0 Å². The molecule has 1 fully saturated rings. The van der Waals surface area contributed by atoms with E-state index in [1.807, 2.05) is 0 Å². The first kappa shape index (κ1) is 17.9. The van der Waals surface area contributed by atoms with Crippen LogP contribution in [0.15, 0.2) is 21.0 Å². The molecule has 0 aromatic rings. The largest absolute Gasteiger partial charge is 1.00 e. The zero-order valence-corrected chi connectivity index (χ0v) is 14.9. The Balaban J connectivity index is 0.00000128. The average molecular weight is 351 g/mol. The summed E-state index contributed by atoms with van der Waals surface area (Å²) in [5.41, 5.74) is 2.51. The molecule has 2 aliphatic rings. The molecule has 1 saturated carbocycles. The zero-order valence-electron chi connectivity index (χ0n) is 10.9. The number of hydrogen-bond donors (Lipinski definition) is 0. The smallest absolute Gasteiger partial charge is 1.00 e. The third kappa shape index (κ3) is 2.63. The minimum Gasteiger partial charge on any atom is -1.00 e. The van der Waals surface area contributed by atoms with Crippen LogP contribution < -0.4 is 24.8 Å². The van der Waals surface area contributed by atoms with Gasteiger partial charge >= 0.3 is 109 Å². The van der Waals surface area contributed by atoms with E-state index in [1.54, 1.807) is 28.0 Å². The predicted molar refractivity (Wildman–Crippen MR) is 61.1 cm³/mol. The molecule has 0 spiro atoms. The van der Waals surface area contributed by atoms with Gasteiger partial charge in [0.2, 0.25) is 0 Å². The molecule has 0 bridgehead atoms. The van der Waals surface area contributed by atoms with Crippen LogP contribution in [0.3, 0.4) is 0 Å². The van der Waals surface area contributed by atoms with Crippen LogP contribution in [-0.2, 0) is 24.7 Å². The molecule has 0 aromatic carbocycles. The van der Waals surface area contributed by atoms with E-state index in [0.29, 0.717) is 10.8 Å². The van der Waals surface area contributed by atoms with Crippen molar-refractivity contribution in [1.29, 1.82) is 0 Å².